The van der Waals surface area contributed by atoms with E-state index in [9.17, 15) is 0 Å². The fourth-order valence-corrected chi connectivity index (χ4v) is 2.27. The Hall–Kier alpha value is -0.800. The van der Waals surface area contributed by atoms with Crippen LogP contribution in [-0.4, -0.2) is 9.78 Å². The molecule has 2 rings (SSSR count). The van der Waals surface area contributed by atoms with E-state index in [-0.39, 0.29) is 5.38 Å². The van der Waals surface area contributed by atoms with Gasteiger partial charge < -0.3 is 0 Å². The van der Waals surface area contributed by atoms with Crippen molar-refractivity contribution in [1.29, 1.82) is 0 Å². The van der Waals surface area contributed by atoms with Crippen molar-refractivity contribution in [1.82, 2.24) is 9.78 Å². The van der Waals surface area contributed by atoms with Crippen molar-refractivity contribution in [2.24, 2.45) is 7.05 Å². The predicted octanol–water partition coefficient (Wildman–Crippen LogP) is 3.51. The van der Waals surface area contributed by atoms with Crippen LogP contribution in [0, 0.1) is 0 Å². The SMILES string of the molecule is Cn1ncc(C(Cl)c2ccccc2)c1Br. The summed E-state index contributed by atoms with van der Waals surface area (Å²) >= 11 is 9.83. The summed E-state index contributed by atoms with van der Waals surface area (Å²) in [5.74, 6) is 0. The number of rotatable bonds is 2. The molecule has 1 atom stereocenters. The van der Waals surface area contributed by atoms with E-state index in [0.717, 1.165) is 15.7 Å². The number of aromatic nitrogens is 2. The van der Waals surface area contributed by atoms with Gasteiger partial charge in [-0.1, -0.05) is 30.3 Å². The molecule has 1 unspecified atom stereocenters. The van der Waals surface area contributed by atoms with Crippen LogP contribution in [0.1, 0.15) is 16.5 Å². The van der Waals surface area contributed by atoms with Crippen LogP contribution in [0.15, 0.2) is 41.1 Å². The van der Waals surface area contributed by atoms with Gasteiger partial charge in [-0.05, 0) is 21.5 Å². The summed E-state index contributed by atoms with van der Waals surface area (Å²) in [6, 6.07) is 9.96. The minimum atomic E-state index is -0.158. The number of benzene rings is 1. The molecule has 0 bridgehead atoms. The van der Waals surface area contributed by atoms with Gasteiger partial charge in [0.25, 0.3) is 0 Å². The normalized spacial score (nSPS) is 12.7. The Balaban J connectivity index is 2.37. The van der Waals surface area contributed by atoms with Crippen LogP contribution in [-0.2, 0) is 7.05 Å². The Morgan fingerprint density at radius 1 is 1.33 bits per heavy atom. The second-order valence-corrected chi connectivity index (χ2v) is 4.48. The first-order chi connectivity index (χ1) is 7.20. The average molecular weight is 286 g/mol. The van der Waals surface area contributed by atoms with E-state index in [1.54, 1.807) is 10.9 Å². The summed E-state index contributed by atoms with van der Waals surface area (Å²) < 4.78 is 2.68. The van der Waals surface area contributed by atoms with Gasteiger partial charge in [0.05, 0.1) is 11.6 Å². The van der Waals surface area contributed by atoms with Gasteiger partial charge in [0, 0.05) is 12.6 Å². The number of aryl methyl sites for hydroxylation is 1. The zero-order chi connectivity index (χ0) is 10.8. The van der Waals surface area contributed by atoms with Gasteiger partial charge in [-0.15, -0.1) is 11.6 Å². The highest BCUT2D eigenvalue weighted by atomic mass is 79.9. The molecule has 2 nitrogen and oxygen atoms in total. The third-order valence-corrected chi connectivity index (χ3v) is 3.72. The van der Waals surface area contributed by atoms with Crippen LogP contribution in [0.3, 0.4) is 0 Å². The fourth-order valence-electron chi connectivity index (χ4n) is 1.41. The highest BCUT2D eigenvalue weighted by molar-refractivity contribution is 9.10. The molecule has 78 valence electrons. The zero-order valence-corrected chi connectivity index (χ0v) is 10.5. The molecule has 1 aromatic carbocycles. The first-order valence-corrected chi connectivity index (χ1v) is 5.79. The Morgan fingerprint density at radius 3 is 2.53 bits per heavy atom. The van der Waals surface area contributed by atoms with E-state index in [2.05, 4.69) is 21.0 Å². The van der Waals surface area contributed by atoms with Gasteiger partial charge in [-0.3, -0.25) is 4.68 Å². The maximum Gasteiger partial charge on any atom is 0.108 e. The molecule has 1 heterocycles. The molecule has 2 aromatic rings. The Morgan fingerprint density at radius 2 is 2.00 bits per heavy atom. The smallest absolute Gasteiger partial charge is 0.108 e. The Bertz CT molecular complexity index is 453. The summed E-state index contributed by atoms with van der Waals surface area (Å²) in [5.41, 5.74) is 2.07. The molecule has 0 saturated heterocycles. The molecule has 15 heavy (non-hydrogen) atoms. The third kappa shape index (κ3) is 2.08. The summed E-state index contributed by atoms with van der Waals surface area (Å²) in [4.78, 5) is 0. The lowest BCUT2D eigenvalue weighted by atomic mass is 10.1. The highest BCUT2D eigenvalue weighted by Crippen LogP contribution is 2.32. The van der Waals surface area contributed by atoms with Crippen LogP contribution in [0.5, 0.6) is 0 Å². The van der Waals surface area contributed by atoms with Gasteiger partial charge in [0.1, 0.15) is 4.60 Å². The molecule has 0 aliphatic carbocycles. The van der Waals surface area contributed by atoms with Crippen LogP contribution in [0.2, 0.25) is 0 Å². The first kappa shape index (κ1) is 10.7. The van der Waals surface area contributed by atoms with Gasteiger partial charge in [-0.25, -0.2) is 0 Å². The summed E-state index contributed by atoms with van der Waals surface area (Å²) in [6.07, 6.45) is 1.79. The van der Waals surface area contributed by atoms with Crippen molar-refractivity contribution < 1.29 is 0 Å². The number of halogens is 2. The quantitative estimate of drug-likeness (QED) is 0.772. The van der Waals surface area contributed by atoms with Crippen LogP contribution >= 0.6 is 27.5 Å². The molecule has 0 N–H and O–H groups in total. The predicted molar refractivity (Wildman–Crippen MR) is 65.0 cm³/mol. The summed E-state index contributed by atoms with van der Waals surface area (Å²) in [6.45, 7) is 0. The molecule has 0 fully saturated rings. The van der Waals surface area contributed by atoms with Crippen LogP contribution in [0.4, 0.5) is 0 Å². The molecular weight excluding hydrogens is 275 g/mol. The van der Waals surface area contributed by atoms with E-state index in [0.29, 0.717) is 0 Å². The average Bonchev–Trinajstić information content (AvgIpc) is 2.60. The van der Waals surface area contributed by atoms with Crippen molar-refractivity contribution in [2.45, 2.75) is 5.38 Å². The number of hydrogen-bond donors (Lipinski definition) is 0. The zero-order valence-electron chi connectivity index (χ0n) is 8.19. The standard InChI is InChI=1S/C11H10BrClN2/c1-15-11(12)9(7-14-15)10(13)8-5-3-2-4-6-8/h2-7,10H,1H3. The van der Waals surface area contributed by atoms with E-state index in [1.807, 2.05) is 37.4 Å². The summed E-state index contributed by atoms with van der Waals surface area (Å²) in [5, 5.41) is 3.99. The maximum absolute atomic E-state index is 6.37. The largest absolute Gasteiger partial charge is 0.261 e. The molecule has 0 amide bonds. The van der Waals surface area contributed by atoms with Crippen molar-refractivity contribution in [3.8, 4) is 0 Å². The molecule has 0 aliphatic rings. The van der Waals surface area contributed by atoms with Gasteiger partial charge in [-0.2, -0.15) is 5.10 Å². The minimum absolute atomic E-state index is 0.158. The second kappa shape index (κ2) is 4.37. The monoisotopic (exact) mass is 284 g/mol. The van der Waals surface area contributed by atoms with E-state index >= 15 is 0 Å². The first-order valence-electron chi connectivity index (χ1n) is 4.56. The van der Waals surface area contributed by atoms with Gasteiger partial charge in [0.15, 0.2) is 0 Å². The fraction of sp³-hybridized carbons (Fsp3) is 0.182. The number of hydrogen-bond acceptors (Lipinski definition) is 1. The molecule has 0 radical (unpaired) electrons. The minimum Gasteiger partial charge on any atom is -0.261 e. The molecule has 4 heteroatoms. The number of nitrogens with zero attached hydrogens (tertiary/aromatic N) is 2. The number of alkyl halides is 1. The van der Waals surface area contributed by atoms with E-state index < -0.39 is 0 Å². The molecule has 0 saturated carbocycles. The van der Waals surface area contributed by atoms with Crippen molar-refractivity contribution in [3.05, 3.63) is 52.3 Å². The molecular formula is C11H10BrClN2. The van der Waals surface area contributed by atoms with E-state index in [4.69, 9.17) is 11.6 Å². The lowest BCUT2D eigenvalue weighted by molar-refractivity contribution is 0.748. The molecule has 1 aromatic heterocycles. The molecule has 0 aliphatic heterocycles. The lowest BCUT2D eigenvalue weighted by Crippen LogP contribution is -1.94. The molecule has 0 spiro atoms. The van der Waals surface area contributed by atoms with Crippen molar-refractivity contribution in [3.63, 3.8) is 0 Å². The van der Waals surface area contributed by atoms with Crippen LogP contribution < -0.4 is 0 Å². The van der Waals surface area contributed by atoms with Gasteiger partial charge in [0.2, 0.25) is 0 Å². The maximum atomic E-state index is 6.37. The van der Waals surface area contributed by atoms with Gasteiger partial charge >= 0.3 is 0 Å². The third-order valence-electron chi connectivity index (χ3n) is 2.26. The summed E-state index contributed by atoms with van der Waals surface area (Å²) in [7, 11) is 1.88. The topological polar surface area (TPSA) is 17.8 Å². The Labute approximate surface area is 102 Å². The van der Waals surface area contributed by atoms with Crippen molar-refractivity contribution >= 4 is 27.5 Å². The van der Waals surface area contributed by atoms with E-state index in [1.165, 1.54) is 0 Å². The second-order valence-electron chi connectivity index (χ2n) is 3.29. The Kier molecular flexibility index (Phi) is 3.12. The lowest BCUT2D eigenvalue weighted by Gasteiger charge is -2.08. The van der Waals surface area contributed by atoms with Crippen LogP contribution in [0.25, 0.3) is 0 Å². The van der Waals surface area contributed by atoms with Crippen molar-refractivity contribution in [2.75, 3.05) is 0 Å². The highest BCUT2D eigenvalue weighted by Gasteiger charge is 2.16.